The van der Waals surface area contributed by atoms with E-state index in [9.17, 15) is 4.79 Å². The molecule has 0 saturated carbocycles. The number of fused-ring (bicyclic) bond motifs is 1. The zero-order chi connectivity index (χ0) is 15.7. The fourth-order valence-electron chi connectivity index (χ4n) is 2.44. The highest BCUT2D eigenvalue weighted by molar-refractivity contribution is 6.35. The highest BCUT2D eigenvalue weighted by Crippen LogP contribution is 2.29. The minimum absolute atomic E-state index is 0.134. The van der Waals surface area contributed by atoms with Gasteiger partial charge in [-0.3, -0.25) is 4.79 Å². The summed E-state index contributed by atoms with van der Waals surface area (Å²) in [5.74, 6) is 0.332. The average Bonchev–Trinajstić information content (AvgIpc) is 2.86. The van der Waals surface area contributed by atoms with Crippen molar-refractivity contribution in [2.24, 2.45) is 0 Å². The van der Waals surface area contributed by atoms with Gasteiger partial charge in [0.15, 0.2) is 0 Å². The Labute approximate surface area is 137 Å². The van der Waals surface area contributed by atoms with Crippen molar-refractivity contribution >= 4 is 29.1 Å². The van der Waals surface area contributed by atoms with Crippen molar-refractivity contribution in [2.75, 3.05) is 6.61 Å². The van der Waals surface area contributed by atoms with Crippen LogP contribution >= 0.6 is 23.2 Å². The molecule has 0 fully saturated rings. The Morgan fingerprint density at radius 3 is 3.05 bits per heavy atom. The van der Waals surface area contributed by atoms with E-state index in [1.165, 1.54) is 0 Å². The summed E-state index contributed by atoms with van der Waals surface area (Å²) < 4.78 is 5.39. The second kappa shape index (κ2) is 6.10. The molecular formula is C15H13Cl2N3O2. The van der Waals surface area contributed by atoms with Crippen LogP contribution in [0.15, 0.2) is 24.4 Å². The van der Waals surface area contributed by atoms with Crippen molar-refractivity contribution in [3.8, 4) is 5.88 Å². The predicted octanol–water partition coefficient (Wildman–Crippen LogP) is 2.88. The van der Waals surface area contributed by atoms with Gasteiger partial charge in [-0.05, 0) is 36.2 Å². The molecule has 1 N–H and O–H groups in total. The van der Waals surface area contributed by atoms with Crippen molar-refractivity contribution in [3.63, 3.8) is 0 Å². The molecule has 114 valence electrons. The maximum Gasteiger partial charge on any atom is 0.238 e. The van der Waals surface area contributed by atoms with E-state index in [2.05, 4.69) is 15.5 Å². The van der Waals surface area contributed by atoms with Gasteiger partial charge in [0.25, 0.3) is 0 Å². The van der Waals surface area contributed by atoms with E-state index in [4.69, 9.17) is 27.9 Å². The fraction of sp³-hybridized carbons (Fsp3) is 0.267. The van der Waals surface area contributed by atoms with Gasteiger partial charge in [0, 0.05) is 15.6 Å². The van der Waals surface area contributed by atoms with Crippen molar-refractivity contribution in [3.05, 3.63) is 51.1 Å². The van der Waals surface area contributed by atoms with Gasteiger partial charge >= 0.3 is 0 Å². The van der Waals surface area contributed by atoms with Crippen molar-refractivity contribution in [1.82, 2.24) is 15.5 Å². The normalized spacial score (nSPS) is 16.0. The van der Waals surface area contributed by atoms with Gasteiger partial charge in [0.1, 0.15) is 6.61 Å². The van der Waals surface area contributed by atoms with Gasteiger partial charge in [-0.25, -0.2) is 0 Å². The van der Waals surface area contributed by atoms with E-state index in [0.717, 1.165) is 16.7 Å². The topological polar surface area (TPSA) is 64.1 Å². The Morgan fingerprint density at radius 1 is 1.45 bits per heavy atom. The highest BCUT2D eigenvalue weighted by atomic mass is 35.5. The molecule has 0 saturated heterocycles. The van der Waals surface area contributed by atoms with Crippen LogP contribution < -0.4 is 10.1 Å². The first-order chi connectivity index (χ1) is 10.5. The van der Waals surface area contributed by atoms with E-state index in [1.54, 1.807) is 24.4 Å². The first-order valence-electron chi connectivity index (χ1n) is 6.73. The van der Waals surface area contributed by atoms with Crippen LogP contribution in [-0.4, -0.2) is 22.7 Å². The summed E-state index contributed by atoms with van der Waals surface area (Å²) in [6, 6.07) is 5.01. The quantitative estimate of drug-likeness (QED) is 0.935. The first kappa shape index (κ1) is 15.1. The Balaban J connectivity index is 1.72. The van der Waals surface area contributed by atoms with Gasteiger partial charge in [0.05, 0.1) is 18.7 Å². The molecule has 2 heterocycles. The Morgan fingerprint density at radius 2 is 2.27 bits per heavy atom. The van der Waals surface area contributed by atoms with Gasteiger partial charge < -0.3 is 10.1 Å². The van der Waals surface area contributed by atoms with Crippen LogP contribution in [0.1, 0.15) is 22.7 Å². The molecule has 0 bridgehead atoms. The number of nitrogens with zero attached hydrogens (tertiary/aromatic N) is 2. The van der Waals surface area contributed by atoms with E-state index in [1.807, 2.05) is 6.92 Å². The van der Waals surface area contributed by atoms with Crippen LogP contribution in [0.2, 0.25) is 10.0 Å². The van der Waals surface area contributed by atoms with E-state index >= 15 is 0 Å². The van der Waals surface area contributed by atoms with Crippen LogP contribution in [0.25, 0.3) is 0 Å². The van der Waals surface area contributed by atoms with E-state index in [-0.39, 0.29) is 18.4 Å². The summed E-state index contributed by atoms with van der Waals surface area (Å²) in [4.78, 5) is 12.3. The smallest absolute Gasteiger partial charge is 0.238 e. The average molecular weight is 338 g/mol. The number of nitrogens with one attached hydrogen (secondary N) is 1. The van der Waals surface area contributed by atoms with E-state index in [0.29, 0.717) is 22.5 Å². The summed E-state index contributed by atoms with van der Waals surface area (Å²) in [5.41, 5.74) is 2.50. The molecular weight excluding hydrogens is 325 g/mol. The number of hydrogen-bond donors (Lipinski definition) is 1. The molecule has 1 aromatic carbocycles. The SMILES string of the molecule is Cc1cc(Cl)cc(Cl)c1CC(=O)NC1COc2nnccc21. The van der Waals surface area contributed by atoms with Gasteiger partial charge in [-0.1, -0.05) is 23.2 Å². The number of carbonyl (C=O) groups is 1. The van der Waals surface area contributed by atoms with Gasteiger partial charge in [-0.2, -0.15) is 5.10 Å². The molecule has 3 rings (SSSR count). The molecule has 7 heteroatoms. The molecule has 1 aliphatic heterocycles. The summed E-state index contributed by atoms with van der Waals surface area (Å²) in [6.45, 7) is 2.23. The zero-order valence-corrected chi connectivity index (χ0v) is 13.3. The maximum atomic E-state index is 12.3. The molecule has 0 spiro atoms. The lowest BCUT2D eigenvalue weighted by molar-refractivity contribution is -0.121. The third-order valence-corrected chi connectivity index (χ3v) is 4.09. The van der Waals surface area contributed by atoms with Crippen molar-refractivity contribution in [1.29, 1.82) is 0 Å². The number of benzene rings is 1. The zero-order valence-electron chi connectivity index (χ0n) is 11.8. The Kier molecular flexibility index (Phi) is 4.18. The number of aromatic nitrogens is 2. The standard InChI is InChI=1S/C15H13Cl2N3O2/c1-8-4-9(16)5-12(17)11(8)6-14(21)19-13-7-22-15-10(13)2-3-18-20-15/h2-5,13H,6-7H2,1H3,(H,19,21). The summed E-state index contributed by atoms with van der Waals surface area (Å²) in [6.07, 6.45) is 1.76. The minimum Gasteiger partial charge on any atom is -0.474 e. The number of aryl methyl sites for hydroxylation is 1. The van der Waals surface area contributed by atoms with Crippen LogP contribution in [0.3, 0.4) is 0 Å². The van der Waals surface area contributed by atoms with Gasteiger partial charge in [0.2, 0.25) is 11.8 Å². The second-order valence-corrected chi connectivity index (χ2v) is 5.93. The predicted molar refractivity (Wildman–Crippen MR) is 83.3 cm³/mol. The lowest BCUT2D eigenvalue weighted by Gasteiger charge is -2.13. The summed E-state index contributed by atoms with van der Waals surface area (Å²) in [5, 5.41) is 11.6. The molecule has 1 unspecified atom stereocenters. The van der Waals surface area contributed by atoms with Gasteiger partial charge in [-0.15, -0.1) is 5.10 Å². The van der Waals surface area contributed by atoms with Crippen LogP contribution in [-0.2, 0) is 11.2 Å². The first-order valence-corrected chi connectivity index (χ1v) is 7.48. The Hall–Kier alpha value is -1.85. The fourth-order valence-corrected chi connectivity index (χ4v) is 3.10. The number of halogens is 2. The second-order valence-electron chi connectivity index (χ2n) is 5.08. The van der Waals surface area contributed by atoms with E-state index < -0.39 is 0 Å². The molecule has 0 aliphatic carbocycles. The molecule has 1 amide bonds. The lowest BCUT2D eigenvalue weighted by atomic mass is 10.0. The Bertz CT molecular complexity index is 713. The third-order valence-electron chi connectivity index (χ3n) is 3.53. The lowest BCUT2D eigenvalue weighted by Crippen LogP contribution is -2.31. The van der Waals surface area contributed by atoms with Crippen molar-refractivity contribution < 1.29 is 9.53 Å². The van der Waals surface area contributed by atoms with Crippen LogP contribution in [0.5, 0.6) is 5.88 Å². The molecule has 22 heavy (non-hydrogen) atoms. The number of hydrogen-bond acceptors (Lipinski definition) is 4. The summed E-state index contributed by atoms with van der Waals surface area (Å²) >= 11 is 12.1. The van der Waals surface area contributed by atoms with Crippen LogP contribution in [0, 0.1) is 6.92 Å². The monoisotopic (exact) mass is 337 g/mol. The number of ether oxygens (including phenoxy) is 1. The number of amides is 1. The third kappa shape index (κ3) is 3.00. The molecule has 5 nitrogen and oxygen atoms in total. The molecule has 1 aliphatic rings. The molecule has 1 atom stereocenters. The number of carbonyl (C=O) groups excluding carboxylic acids is 1. The van der Waals surface area contributed by atoms with Crippen LogP contribution in [0.4, 0.5) is 0 Å². The maximum absolute atomic E-state index is 12.3. The molecule has 2 aromatic rings. The molecule has 0 radical (unpaired) electrons. The number of rotatable bonds is 3. The van der Waals surface area contributed by atoms with Crippen molar-refractivity contribution in [2.45, 2.75) is 19.4 Å². The largest absolute Gasteiger partial charge is 0.474 e. The molecule has 1 aromatic heterocycles. The summed E-state index contributed by atoms with van der Waals surface area (Å²) in [7, 11) is 0. The highest BCUT2D eigenvalue weighted by Gasteiger charge is 2.27. The minimum atomic E-state index is -0.218.